The molecule has 9 heteroatoms. The van der Waals surface area contributed by atoms with Crippen molar-refractivity contribution in [2.75, 3.05) is 31.1 Å². The van der Waals surface area contributed by atoms with Crippen LogP contribution in [0.15, 0.2) is 51.2 Å². The highest BCUT2D eigenvalue weighted by Gasteiger charge is 2.30. The van der Waals surface area contributed by atoms with E-state index in [9.17, 15) is 13.2 Å². The maximum atomic E-state index is 13.0. The van der Waals surface area contributed by atoms with Gasteiger partial charge in [-0.1, -0.05) is 0 Å². The Balaban J connectivity index is 1.45. The number of carbonyl (C=O) groups is 1. The minimum atomic E-state index is -3.55. The van der Waals surface area contributed by atoms with Crippen molar-refractivity contribution >= 4 is 32.8 Å². The molecule has 29 heavy (non-hydrogen) atoms. The Hall–Kier alpha value is -2.49. The molecule has 3 aromatic rings. The van der Waals surface area contributed by atoms with Gasteiger partial charge in [0.2, 0.25) is 0 Å². The van der Waals surface area contributed by atoms with Gasteiger partial charge in [0.15, 0.2) is 17.4 Å². The molecule has 1 saturated heterocycles. The molecule has 0 N–H and O–H groups in total. The molecule has 1 fully saturated rings. The number of Topliss-reactive ketones (excluding diaryl/α,β-unsaturated/α-hetero) is 1. The summed E-state index contributed by atoms with van der Waals surface area (Å²) in [5.41, 5.74) is 1.66. The smallest absolute Gasteiger partial charge is 0.252 e. The Morgan fingerprint density at radius 3 is 2.34 bits per heavy atom. The predicted molar refractivity (Wildman–Crippen MR) is 112 cm³/mol. The molecule has 0 spiro atoms. The number of sulfonamides is 1. The Kier molecular flexibility index (Phi) is 5.28. The van der Waals surface area contributed by atoms with E-state index in [4.69, 9.17) is 4.42 Å². The van der Waals surface area contributed by atoms with Gasteiger partial charge in [0.1, 0.15) is 4.21 Å². The lowest BCUT2D eigenvalue weighted by Crippen LogP contribution is -2.48. The number of oxazole rings is 1. The number of thiophene rings is 1. The summed E-state index contributed by atoms with van der Waals surface area (Å²) in [4.78, 5) is 18.4. The summed E-state index contributed by atoms with van der Waals surface area (Å²) in [7, 11) is -3.55. The zero-order chi connectivity index (χ0) is 20.6. The fourth-order valence-corrected chi connectivity index (χ4v) is 6.12. The highest BCUT2D eigenvalue weighted by atomic mass is 32.2. The van der Waals surface area contributed by atoms with Crippen LogP contribution in [0.25, 0.3) is 10.6 Å². The number of aromatic nitrogens is 1. The van der Waals surface area contributed by atoms with E-state index in [1.165, 1.54) is 22.6 Å². The predicted octanol–water partition coefficient (Wildman–Crippen LogP) is 3.43. The first-order valence-electron chi connectivity index (χ1n) is 9.23. The van der Waals surface area contributed by atoms with E-state index in [0.29, 0.717) is 47.6 Å². The monoisotopic (exact) mass is 431 g/mol. The average Bonchev–Trinajstić information content (AvgIpc) is 3.37. The largest absolute Gasteiger partial charge is 0.440 e. The summed E-state index contributed by atoms with van der Waals surface area (Å²) in [6.07, 6.45) is 1.60. The maximum absolute atomic E-state index is 13.0. The molecule has 0 bridgehead atoms. The average molecular weight is 432 g/mol. The number of rotatable bonds is 5. The molecule has 1 aliphatic heterocycles. The van der Waals surface area contributed by atoms with Crippen LogP contribution in [0.4, 0.5) is 5.69 Å². The van der Waals surface area contributed by atoms with Crippen molar-refractivity contribution in [1.29, 1.82) is 0 Å². The lowest BCUT2D eigenvalue weighted by Gasteiger charge is -2.35. The number of piperazine rings is 1. The lowest BCUT2D eigenvalue weighted by atomic mass is 10.1. The molecule has 7 nitrogen and oxygen atoms in total. The number of ketones is 1. The van der Waals surface area contributed by atoms with Crippen molar-refractivity contribution in [3.8, 4) is 10.6 Å². The SMILES string of the molecule is CC(=O)c1ccc(N2CCN(S(=O)(=O)c3ccc(-c4cnc(C)o4)s3)CC2)cc1. The summed E-state index contributed by atoms with van der Waals surface area (Å²) in [6.45, 7) is 5.30. The second kappa shape index (κ2) is 7.74. The second-order valence-electron chi connectivity index (χ2n) is 6.86. The van der Waals surface area contributed by atoms with Crippen LogP contribution in [-0.2, 0) is 10.0 Å². The van der Waals surface area contributed by atoms with Gasteiger partial charge in [-0.05, 0) is 43.3 Å². The number of benzene rings is 1. The molecule has 1 aliphatic rings. The third-order valence-electron chi connectivity index (χ3n) is 4.92. The molecular formula is C20H21N3O4S2. The zero-order valence-electron chi connectivity index (χ0n) is 16.2. The summed E-state index contributed by atoms with van der Waals surface area (Å²) in [6, 6.07) is 10.8. The first-order chi connectivity index (χ1) is 13.8. The topological polar surface area (TPSA) is 83.7 Å². The van der Waals surface area contributed by atoms with E-state index >= 15 is 0 Å². The van der Waals surface area contributed by atoms with Crippen molar-refractivity contribution < 1.29 is 17.6 Å². The Morgan fingerprint density at radius 1 is 1.07 bits per heavy atom. The van der Waals surface area contributed by atoms with Crippen molar-refractivity contribution in [1.82, 2.24) is 9.29 Å². The van der Waals surface area contributed by atoms with Crippen molar-refractivity contribution in [3.05, 3.63) is 54.0 Å². The molecule has 0 amide bonds. The first kappa shape index (κ1) is 19.8. The summed E-state index contributed by atoms with van der Waals surface area (Å²) < 4.78 is 33.4. The van der Waals surface area contributed by atoms with Crippen LogP contribution in [0.5, 0.6) is 0 Å². The molecule has 0 unspecified atom stereocenters. The Bertz CT molecular complexity index is 1120. The minimum absolute atomic E-state index is 0.0308. The second-order valence-corrected chi connectivity index (χ2v) is 10.1. The molecular weight excluding hydrogens is 410 g/mol. The first-order valence-corrected chi connectivity index (χ1v) is 11.5. The number of hydrogen-bond acceptors (Lipinski definition) is 7. The molecule has 1 aromatic carbocycles. The molecule has 4 rings (SSSR count). The van der Waals surface area contributed by atoms with Crippen LogP contribution >= 0.6 is 11.3 Å². The number of aryl methyl sites for hydroxylation is 1. The zero-order valence-corrected chi connectivity index (χ0v) is 17.8. The van der Waals surface area contributed by atoms with Gasteiger partial charge in [0.05, 0.1) is 11.1 Å². The molecule has 0 atom stereocenters. The van der Waals surface area contributed by atoms with Crippen LogP contribution in [-0.4, -0.2) is 49.7 Å². The van der Waals surface area contributed by atoms with E-state index in [1.54, 1.807) is 37.4 Å². The standard InChI is InChI=1S/C20H21N3O4S2/c1-14(24)16-3-5-17(6-4-16)22-9-11-23(12-10-22)29(25,26)20-8-7-19(28-20)18-13-21-15(2)27-18/h3-8,13H,9-12H2,1-2H3. The van der Waals surface area contributed by atoms with Crippen molar-refractivity contribution in [2.45, 2.75) is 18.1 Å². The van der Waals surface area contributed by atoms with Crippen LogP contribution in [0.1, 0.15) is 23.2 Å². The van der Waals surface area contributed by atoms with Gasteiger partial charge in [-0.15, -0.1) is 11.3 Å². The van der Waals surface area contributed by atoms with Gasteiger partial charge in [0, 0.05) is 44.4 Å². The van der Waals surface area contributed by atoms with Gasteiger partial charge in [-0.2, -0.15) is 4.31 Å². The summed E-state index contributed by atoms with van der Waals surface area (Å²) >= 11 is 1.19. The van der Waals surface area contributed by atoms with E-state index in [-0.39, 0.29) is 5.78 Å². The molecule has 0 saturated carbocycles. The van der Waals surface area contributed by atoms with E-state index in [1.807, 2.05) is 12.1 Å². The van der Waals surface area contributed by atoms with Gasteiger partial charge in [-0.3, -0.25) is 4.79 Å². The van der Waals surface area contributed by atoms with E-state index < -0.39 is 10.0 Å². The molecule has 3 heterocycles. The fraction of sp³-hybridized carbons (Fsp3) is 0.300. The third-order valence-corrected chi connectivity index (χ3v) is 8.38. The molecule has 0 radical (unpaired) electrons. The normalized spacial score (nSPS) is 15.6. The fourth-order valence-electron chi connectivity index (χ4n) is 3.29. The van der Waals surface area contributed by atoms with Crippen LogP contribution < -0.4 is 4.90 Å². The van der Waals surface area contributed by atoms with Gasteiger partial charge in [-0.25, -0.2) is 13.4 Å². The van der Waals surface area contributed by atoms with Gasteiger partial charge < -0.3 is 9.32 Å². The van der Waals surface area contributed by atoms with E-state index in [0.717, 1.165) is 10.6 Å². The number of anilines is 1. The van der Waals surface area contributed by atoms with Crippen molar-refractivity contribution in [2.24, 2.45) is 0 Å². The highest BCUT2D eigenvalue weighted by molar-refractivity contribution is 7.91. The minimum Gasteiger partial charge on any atom is -0.440 e. The Labute approximate surface area is 173 Å². The van der Waals surface area contributed by atoms with E-state index in [2.05, 4.69) is 9.88 Å². The van der Waals surface area contributed by atoms with Crippen LogP contribution in [0.3, 0.4) is 0 Å². The molecule has 152 valence electrons. The van der Waals surface area contributed by atoms with Crippen LogP contribution in [0, 0.1) is 6.92 Å². The number of carbonyl (C=O) groups excluding carboxylic acids is 1. The molecule has 2 aromatic heterocycles. The summed E-state index contributed by atoms with van der Waals surface area (Å²) in [5, 5.41) is 0. The number of hydrogen-bond donors (Lipinski definition) is 0. The summed E-state index contributed by atoms with van der Waals surface area (Å²) in [5.74, 6) is 1.15. The van der Waals surface area contributed by atoms with Crippen molar-refractivity contribution in [3.63, 3.8) is 0 Å². The quantitative estimate of drug-likeness (QED) is 0.576. The third kappa shape index (κ3) is 3.98. The van der Waals surface area contributed by atoms with Crippen LogP contribution in [0.2, 0.25) is 0 Å². The highest BCUT2D eigenvalue weighted by Crippen LogP contribution is 2.33. The lowest BCUT2D eigenvalue weighted by molar-refractivity contribution is 0.101. The van der Waals surface area contributed by atoms with Gasteiger partial charge in [0.25, 0.3) is 10.0 Å². The Morgan fingerprint density at radius 2 is 1.76 bits per heavy atom. The van der Waals surface area contributed by atoms with Gasteiger partial charge >= 0.3 is 0 Å². The number of nitrogens with zero attached hydrogens (tertiary/aromatic N) is 3. The molecule has 0 aliphatic carbocycles. The maximum Gasteiger partial charge on any atom is 0.252 e.